The van der Waals surface area contributed by atoms with Crippen LogP contribution in [0.2, 0.25) is 5.15 Å². The van der Waals surface area contributed by atoms with Gasteiger partial charge in [0, 0.05) is 5.69 Å². The summed E-state index contributed by atoms with van der Waals surface area (Å²) < 4.78 is 0. The number of aromatic nitrogens is 1. The molecule has 0 bridgehead atoms. The number of amides is 1. The van der Waals surface area contributed by atoms with Gasteiger partial charge in [0.1, 0.15) is 10.8 Å². The lowest BCUT2D eigenvalue weighted by molar-refractivity contribution is 0.0526. The highest BCUT2D eigenvalue weighted by Crippen LogP contribution is 2.21. The van der Waals surface area contributed by atoms with E-state index in [0.717, 1.165) is 16.8 Å². The fourth-order valence-corrected chi connectivity index (χ4v) is 2.67. The topological polar surface area (TPSA) is 62.2 Å². The maximum absolute atomic E-state index is 12.3. The van der Waals surface area contributed by atoms with Gasteiger partial charge in [0.15, 0.2) is 0 Å². The third-order valence-electron chi connectivity index (χ3n) is 3.52. The lowest BCUT2D eigenvalue weighted by Crippen LogP contribution is -2.39. The van der Waals surface area contributed by atoms with Crippen LogP contribution in [0.3, 0.4) is 0 Å². The zero-order chi connectivity index (χ0) is 16.3. The summed E-state index contributed by atoms with van der Waals surface area (Å²) in [4.78, 5) is 16.4. The fourth-order valence-electron chi connectivity index (χ4n) is 2.30. The van der Waals surface area contributed by atoms with Crippen LogP contribution in [0.5, 0.6) is 0 Å². The summed E-state index contributed by atoms with van der Waals surface area (Å²) >= 11 is 6.06. The molecule has 0 aliphatic heterocycles. The van der Waals surface area contributed by atoms with Gasteiger partial charge in [0.25, 0.3) is 5.91 Å². The van der Waals surface area contributed by atoms with Crippen molar-refractivity contribution in [3.05, 3.63) is 63.9 Å². The summed E-state index contributed by atoms with van der Waals surface area (Å²) in [5.41, 5.74) is 1.44. The highest BCUT2D eigenvalue weighted by atomic mass is 35.5. The van der Waals surface area contributed by atoms with Crippen molar-refractivity contribution < 1.29 is 9.90 Å². The van der Waals surface area contributed by atoms with Crippen molar-refractivity contribution in [3.63, 3.8) is 0 Å². The Hall–Kier alpha value is -1.91. The number of nitrogens with one attached hydrogen (secondary N) is 1. The molecule has 22 heavy (non-hydrogen) atoms. The number of pyridine rings is 1. The number of rotatable bonds is 4. The number of halogens is 1. The number of hydrogen-bond acceptors (Lipinski definition) is 3. The molecule has 0 aliphatic carbocycles. The first-order valence-corrected chi connectivity index (χ1v) is 7.39. The van der Waals surface area contributed by atoms with E-state index in [0.29, 0.717) is 5.56 Å². The molecule has 0 saturated heterocycles. The van der Waals surface area contributed by atoms with E-state index in [1.54, 1.807) is 13.0 Å². The maximum atomic E-state index is 12.3. The largest absolute Gasteiger partial charge is 0.384 e. The zero-order valence-electron chi connectivity index (χ0n) is 12.9. The van der Waals surface area contributed by atoms with E-state index in [4.69, 9.17) is 11.6 Å². The smallest absolute Gasteiger partial charge is 0.254 e. The van der Waals surface area contributed by atoms with Crippen molar-refractivity contribution >= 4 is 17.5 Å². The number of carbonyl (C=O) groups is 1. The molecule has 2 aromatic rings. The first-order valence-electron chi connectivity index (χ1n) is 7.01. The minimum atomic E-state index is -1.16. The van der Waals surface area contributed by atoms with E-state index < -0.39 is 5.60 Å². The van der Waals surface area contributed by atoms with Crippen LogP contribution in [-0.2, 0) is 5.60 Å². The second-order valence-corrected chi connectivity index (χ2v) is 5.93. The van der Waals surface area contributed by atoms with Gasteiger partial charge in [-0.2, -0.15) is 0 Å². The van der Waals surface area contributed by atoms with Crippen LogP contribution in [0.4, 0.5) is 0 Å². The van der Waals surface area contributed by atoms with Crippen LogP contribution in [-0.4, -0.2) is 22.5 Å². The summed E-state index contributed by atoms with van der Waals surface area (Å²) in [5.74, 6) is -0.341. The predicted molar refractivity (Wildman–Crippen MR) is 87.1 cm³/mol. The van der Waals surface area contributed by atoms with Crippen LogP contribution in [0.15, 0.2) is 36.4 Å². The summed E-state index contributed by atoms with van der Waals surface area (Å²) in [7, 11) is 0. The van der Waals surface area contributed by atoms with Gasteiger partial charge in [-0.25, -0.2) is 4.98 Å². The molecule has 0 spiro atoms. The Morgan fingerprint density at radius 2 is 1.95 bits per heavy atom. The van der Waals surface area contributed by atoms with Crippen molar-refractivity contribution in [2.75, 3.05) is 6.54 Å². The molecule has 116 valence electrons. The molecule has 1 heterocycles. The minimum Gasteiger partial charge on any atom is -0.384 e. The van der Waals surface area contributed by atoms with E-state index >= 15 is 0 Å². The molecular formula is C17H19ClN2O2. The molecule has 5 heteroatoms. The lowest BCUT2D eigenvalue weighted by atomic mass is 9.96. The zero-order valence-corrected chi connectivity index (χ0v) is 13.6. The van der Waals surface area contributed by atoms with Gasteiger partial charge < -0.3 is 10.4 Å². The van der Waals surface area contributed by atoms with Gasteiger partial charge >= 0.3 is 0 Å². The van der Waals surface area contributed by atoms with Gasteiger partial charge in [0.05, 0.1) is 12.1 Å². The summed E-state index contributed by atoms with van der Waals surface area (Å²) in [6.45, 7) is 5.37. The Morgan fingerprint density at radius 3 is 2.55 bits per heavy atom. The number of aryl methyl sites for hydroxylation is 2. The molecule has 0 fully saturated rings. The van der Waals surface area contributed by atoms with Crippen molar-refractivity contribution in [2.24, 2.45) is 0 Å². The average molecular weight is 319 g/mol. The molecule has 1 aromatic heterocycles. The minimum absolute atomic E-state index is 0.0828. The second-order valence-electron chi connectivity index (χ2n) is 5.57. The van der Waals surface area contributed by atoms with Crippen LogP contribution in [0.1, 0.15) is 34.1 Å². The summed E-state index contributed by atoms with van der Waals surface area (Å²) in [6, 6.07) is 11.0. The number of benzene rings is 1. The van der Waals surface area contributed by atoms with E-state index in [-0.39, 0.29) is 17.6 Å². The van der Waals surface area contributed by atoms with Gasteiger partial charge in [-0.1, -0.05) is 41.9 Å². The molecule has 1 aromatic carbocycles. The van der Waals surface area contributed by atoms with Crippen molar-refractivity contribution in [3.8, 4) is 0 Å². The molecule has 4 nitrogen and oxygen atoms in total. The van der Waals surface area contributed by atoms with Gasteiger partial charge in [-0.3, -0.25) is 4.79 Å². The number of aliphatic hydroxyl groups is 1. The number of hydrogen-bond donors (Lipinski definition) is 2. The van der Waals surface area contributed by atoms with Crippen LogP contribution in [0, 0.1) is 13.8 Å². The predicted octanol–water partition coefficient (Wildman–Crippen LogP) is 2.99. The fraction of sp³-hybridized carbons (Fsp3) is 0.294. The van der Waals surface area contributed by atoms with Crippen LogP contribution >= 0.6 is 11.6 Å². The molecule has 0 aliphatic rings. The molecule has 0 saturated carbocycles. The van der Waals surface area contributed by atoms with Gasteiger partial charge in [-0.05, 0) is 38.0 Å². The Balaban J connectivity index is 2.14. The Morgan fingerprint density at radius 1 is 1.32 bits per heavy atom. The third kappa shape index (κ3) is 3.64. The highest BCUT2D eigenvalue weighted by Gasteiger charge is 2.25. The molecule has 2 N–H and O–H groups in total. The second kappa shape index (κ2) is 6.46. The summed E-state index contributed by atoms with van der Waals surface area (Å²) in [6.07, 6.45) is 0. The average Bonchev–Trinajstić information content (AvgIpc) is 2.45. The van der Waals surface area contributed by atoms with Gasteiger partial charge in [-0.15, -0.1) is 0 Å². The summed E-state index contributed by atoms with van der Waals surface area (Å²) in [5, 5.41) is 13.4. The molecular weight excluding hydrogens is 300 g/mol. The number of nitrogens with zero attached hydrogens (tertiary/aromatic N) is 1. The van der Waals surface area contributed by atoms with Crippen molar-refractivity contribution in [2.45, 2.75) is 26.4 Å². The molecule has 2 rings (SSSR count). The normalized spacial score (nSPS) is 13.5. The number of carbonyl (C=O) groups excluding carboxylic acids is 1. The first kappa shape index (κ1) is 16.5. The molecule has 1 amide bonds. The van der Waals surface area contributed by atoms with E-state index in [1.165, 1.54) is 0 Å². The van der Waals surface area contributed by atoms with Gasteiger partial charge in [0.2, 0.25) is 0 Å². The van der Waals surface area contributed by atoms with Crippen molar-refractivity contribution in [1.82, 2.24) is 10.3 Å². The molecule has 0 radical (unpaired) electrons. The Kier molecular flexibility index (Phi) is 4.84. The molecule has 1 unspecified atom stereocenters. The highest BCUT2D eigenvalue weighted by molar-refractivity contribution is 6.32. The van der Waals surface area contributed by atoms with Crippen LogP contribution < -0.4 is 5.32 Å². The van der Waals surface area contributed by atoms with Crippen molar-refractivity contribution in [1.29, 1.82) is 0 Å². The Labute approximate surface area is 135 Å². The lowest BCUT2D eigenvalue weighted by Gasteiger charge is -2.24. The van der Waals surface area contributed by atoms with E-state index in [2.05, 4.69) is 10.3 Å². The SMILES string of the molecule is Cc1cc(C)c(C(=O)NCC(C)(O)c2ccccc2)c(Cl)n1. The van der Waals surface area contributed by atoms with E-state index in [1.807, 2.05) is 44.2 Å². The quantitative estimate of drug-likeness (QED) is 0.852. The molecule has 1 atom stereocenters. The third-order valence-corrected chi connectivity index (χ3v) is 3.79. The maximum Gasteiger partial charge on any atom is 0.254 e. The Bertz CT molecular complexity index is 661. The van der Waals surface area contributed by atoms with E-state index in [9.17, 15) is 9.90 Å². The van der Waals surface area contributed by atoms with Crippen LogP contribution in [0.25, 0.3) is 0 Å². The first-order chi connectivity index (χ1) is 10.3. The standard InChI is InChI=1S/C17H19ClN2O2/c1-11-9-12(2)20-15(18)14(11)16(21)19-10-17(3,22)13-7-5-4-6-8-13/h4-9,22H,10H2,1-3H3,(H,19,21). The monoisotopic (exact) mass is 318 g/mol.